The number of hydrogen-bond acceptors (Lipinski definition) is 5. The molecule has 0 unspecified atom stereocenters. The van der Waals surface area contributed by atoms with Gasteiger partial charge in [-0.15, -0.1) is 10.2 Å². The Morgan fingerprint density at radius 3 is 2.68 bits per heavy atom. The number of esters is 1. The quantitative estimate of drug-likeness (QED) is 0.534. The summed E-state index contributed by atoms with van der Waals surface area (Å²) in [6, 6.07) is 8.05. The number of carbonyl (C=O) groups is 1. The van der Waals surface area contributed by atoms with Crippen LogP contribution >= 0.6 is 11.8 Å². The van der Waals surface area contributed by atoms with Crippen molar-refractivity contribution < 1.29 is 9.53 Å². The van der Waals surface area contributed by atoms with Crippen LogP contribution in [0.1, 0.15) is 20.3 Å². The number of rotatable bonds is 5. The molecule has 0 fully saturated rings. The van der Waals surface area contributed by atoms with Crippen LogP contribution in [-0.2, 0) is 16.6 Å². The van der Waals surface area contributed by atoms with Gasteiger partial charge >= 0.3 is 5.97 Å². The second-order valence-electron chi connectivity index (χ2n) is 4.93. The van der Waals surface area contributed by atoms with Crippen LogP contribution in [0.2, 0.25) is 0 Å². The summed E-state index contributed by atoms with van der Waals surface area (Å²) in [4.78, 5) is 12.0. The fourth-order valence-electron chi connectivity index (χ4n) is 2.47. The maximum atomic E-state index is 12.0. The zero-order valence-electron chi connectivity index (χ0n) is 12.8. The smallest absolute Gasteiger partial charge is 0.319 e. The normalized spacial score (nSPS) is 12.9. The number of imidazole rings is 1. The van der Waals surface area contributed by atoms with Crippen molar-refractivity contribution in [1.82, 2.24) is 19.2 Å². The summed E-state index contributed by atoms with van der Waals surface area (Å²) in [5, 5.41) is 8.94. The van der Waals surface area contributed by atoms with Crippen molar-refractivity contribution in [3.63, 3.8) is 0 Å². The molecule has 0 spiro atoms. The first-order chi connectivity index (χ1) is 10.7. The van der Waals surface area contributed by atoms with Gasteiger partial charge in [-0.25, -0.2) is 0 Å². The number of aromatic nitrogens is 4. The van der Waals surface area contributed by atoms with Gasteiger partial charge in [-0.05, 0) is 25.5 Å². The van der Waals surface area contributed by atoms with Crippen molar-refractivity contribution >= 4 is 34.5 Å². The topological polar surface area (TPSA) is 61.4 Å². The van der Waals surface area contributed by atoms with Gasteiger partial charge in [0.1, 0.15) is 5.25 Å². The maximum absolute atomic E-state index is 12.0. The molecule has 0 radical (unpaired) electrons. The van der Waals surface area contributed by atoms with Crippen LogP contribution in [0.3, 0.4) is 0 Å². The zero-order chi connectivity index (χ0) is 15.7. The Morgan fingerprint density at radius 2 is 2.00 bits per heavy atom. The number of carbonyl (C=O) groups excluding carboxylic acids is 1. The molecular formula is C15H18N4O2S. The summed E-state index contributed by atoms with van der Waals surface area (Å²) in [5.41, 5.74) is 2.12. The molecule has 2 aromatic heterocycles. The minimum absolute atomic E-state index is 0.202. The number of nitrogens with zero attached hydrogens (tertiary/aromatic N) is 4. The third-order valence-electron chi connectivity index (χ3n) is 3.57. The van der Waals surface area contributed by atoms with Gasteiger partial charge in [0.2, 0.25) is 5.78 Å². The molecule has 0 saturated carbocycles. The van der Waals surface area contributed by atoms with Crippen molar-refractivity contribution in [1.29, 1.82) is 0 Å². The Kier molecular flexibility index (Phi) is 4.06. The van der Waals surface area contributed by atoms with Gasteiger partial charge in [-0.2, -0.15) is 0 Å². The van der Waals surface area contributed by atoms with E-state index < -0.39 is 0 Å². The van der Waals surface area contributed by atoms with Crippen LogP contribution in [0.4, 0.5) is 0 Å². The molecule has 1 atom stereocenters. The minimum Gasteiger partial charge on any atom is -0.465 e. The SMILES string of the molecule is CCOC(=O)[C@H](CC)Sc1nnc2n(C)c3ccccc3n12. The van der Waals surface area contributed by atoms with Crippen LogP contribution in [0.15, 0.2) is 29.4 Å². The minimum atomic E-state index is -0.272. The van der Waals surface area contributed by atoms with Gasteiger partial charge < -0.3 is 9.30 Å². The first kappa shape index (κ1) is 14.9. The summed E-state index contributed by atoms with van der Waals surface area (Å²) < 4.78 is 9.11. The second kappa shape index (κ2) is 6.00. The van der Waals surface area contributed by atoms with E-state index in [1.165, 1.54) is 11.8 Å². The summed E-state index contributed by atoms with van der Waals surface area (Å²) >= 11 is 1.40. The lowest BCUT2D eigenvalue weighted by molar-refractivity contribution is -0.142. The molecular weight excluding hydrogens is 300 g/mol. The molecule has 116 valence electrons. The first-order valence-corrected chi connectivity index (χ1v) is 8.17. The molecule has 6 nitrogen and oxygen atoms in total. The van der Waals surface area contributed by atoms with E-state index in [1.807, 2.05) is 54.1 Å². The Labute approximate surface area is 132 Å². The molecule has 1 aromatic carbocycles. The van der Waals surface area contributed by atoms with Crippen LogP contribution in [0, 0.1) is 0 Å². The van der Waals surface area contributed by atoms with E-state index in [0.29, 0.717) is 18.2 Å². The van der Waals surface area contributed by atoms with Gasteiger partial charge in [-0.1, -0.05) is 30.8 Å². The molecule has 0 saturated heterocycles. The number of thioether (sulfide) groups is 1. The fraction of sp³-hybridized carbons (Fsp3) is 0.400. The van der Waals surface area contributed by atoms with Crippen molar-refractivity contribution in [3.05, 3.63) is 24.3 Å². The molecule has 3 rings (SSSR count). The number of aryl methyl sites for hydroxylation is 1. The van der Waals surface area contributed by atoms with E-state index in [-0.39, 0.29) is 11.2 Å². The van der Waals surface area contributed by atoms with Gasteiger partial charge in [0.15, 0.2) is 5.16 Å². The molecule has 0 N–H and O–H groups in total. The molecule has 2 heterocycles. The summed E-state index contributed by atoms with van der Waals surface area (Å²) in [6.07, 6.45) is 0.684. The molecule has 0 amide bonds. The number of benzene rings is 1. The van der Waals surface area contributed by atoms with E-state index in [0.717, 1.165) is 16.8 Å². The molecule has 22 heavy (non-hydrogen) atoms. The summed E-state index contributed by atoms with van der Waals surface area (Å²) in [6.45, 7) is 4.17. The van der Waals surface area contributed by atoms with Gasteiger partial charge in [-0.3, -0.25) is 9.20 Å². The lowest BCUT2D eigenvalue weighted by Crippen LogP contribution is -2.19. The van der Waals surface area contributed by atoms with Crippen LogP contribution in [-0.4, -0.2) is 37.0 Å². The van der Waals surface area contributed by atoms with Gasteiger partial charge in [0.05, 0.1) is 17.6 Å². The van der Waals surface area contributed by atoms with E-state index in [9.17, 15) is 4.79 Å². The van der Waals surface area contributed by atoms with E-state index in [1.54, 1.807) is 0 Å². The molecule has 0 aliphatic heterocycles. The van der Waals surface area contributed by atoms with Gasteiger partial charge in [0, 0.05) is 7.05 Å². The first-order valence-electron chi connectivity index (χ1n) is 7.29. The van der Waals surface area contributed by atoms with Crippen molar-refractivity contribution in [2.24, 2.45) is 7.05 Å². The lowest BCUT2D eigenvalue weighted by Gasteiger charge is -2.11. The largest absolute Gasteiger partial charge is 0.465 e. The molecule has 3 aromatic rings. The third kappa shape index (κ3) is 2.35. The van der Waals surface area contributed by atoms with Crippen molar-refractivity contribution in [3.8, 4) is 0 Å². The fourth-order valence-corrected chi connectivity index (χ4v) is 3.43. The number of para-hydroxylation sites is 2. The van der Waals surface area contributed by atoms with Crippen LogP contribution < -0.4 is 0 Å². The van der Waals surface area contributed by atoms with Gasteiger partial charge in [0.25, 0.3) is 0 Å². The summed E-state index contributed by atoms with van der Waals surface area (Å²) in [7, 11) is 1.96. The molecule has 7 heteroatoms. The number of ether oxygens (including phenoxy) is 1. The Hall–Kier alpha value is -2.02. The van der Waals surface area contributed by atoms with E-state index in [2.05, 4.69) is 10.2 Å². The highest BCUT2D eigenvalue weighted by Crippen LogP contribution is 2.29. The highest BCUT2D eigenvalue weighted by molar-refractivity contribution is 8.00. The van der Waals surface area contributed by atoms with E-state index in [4.69, 9.17) is 4.74 Å². The summed E-state index contributed by atoms with van der Waals surface area (Å²) in [5.74, 6) is 0.564. The van der Waals surface area contributed by atoms with Crippen LogP contribution in [0.25, 0.3) is 16.8 Å². The molecule has 0 aliphatic carbocycles. The zero-order valence-corrected chi connectivity index (χ0v) is 13.6. The second-order valence-corrected chi connectivity index (χ2v) is 6.10. The van der Waals surface area contributed by atoms with Crippen LogP contribution in [0.5, 0.6) is 0 Å². The highest BCUT2D eigenvalue weighted by atomic mass is 32.2. The Balaban J connectivity index is 2.04. The molecule has 0 aliphatic rings. The average Bonchev–Trinajstić information content (AvgIpc) is 3.06. The number of hydrogen-bond donors (Lipinski definition) is 0. The Morgan fingerprint density at radius 1 is 1.27 bits per heavy atom. The van der Waals surface area contributed by atoms with Crippen molar-refractivity contribution in [2.45, 2.75) is 30.7 Å². The Bertz CT molecular complexity index is 824. The standard InChI is InChI=1S/C15H18N4O2S/c1-4-12(13(20)21-5-2)22-15-17-16-14-18(3)10-8-6-7-9-11(10)19(14)15/h6-9,12H,4-5H2,1-3H3/t12-/m0/s1. The third-order valence-corrected chi connectivity index (χ3v) is 4.85. The van der Waals surface area contributed by atoms with E-state index >= 15 is 0 Å². The lowest BCUT2D eigenvalue weighted by atomic mass is 10.3. The highest BCUT2D eigenvalue weighted by Gasteiger charge is 2.23. The predicted octanol–water partition coefficient (Wildman–Crippen LogP) is 2.65. The molecule has 0 bridgehead atoms. The number of fused-ring (bicyclic) bond motifs is 3. The predicted molar refractivity (Wildman–Crippen MR) is 86.0 cm³/mol. The monoisotopic (exact) mass is 318 g/mol. The average molecular weight is 318 g/mol. The maximum Gasteiger partial charge on any atom is 0.319 e. The van der Waals surface area contributed by atoms with Crippen molar-refractivity contribution in [2.75, 3.05) is 6.61 Å².